The van der Waals surface area contributed by atoms with Gasteiger partial charge in [-0.1, -0.05) is 6.92 Å². The summed E-state index contributed by atoms with van der Waals surface area (Å²) < 4.78 is 108. The van der Waals surface area contributed by atoms with Crippen molar-refractivity contribution in [1.82, 2.24) is 0 Å². The predicted molar refractivity (Wildman–Crippen MR) is 71.5 cm³/mol. The Morgan fingerprint density at radius 2 is 1.72 bits per heavy atom. The van der Waals surface area contributed by atoms with Crippen molar-refractivity contribution in [1.29, 1.82) is 0 Å². The molecule has 1 fully saturated rings. The quantitative estimate of drug-likeness (QED) is 0.395. The van der Waals surface area contributed by atoms with Crippen LogP contribution in [0.25, 0.3) is 0 Å². The zero-order chi connectivity index (χ0) is 19.1. The Labute approximate surface area is 140 Å². The van der Waals surface area contributed by atoms with Crippen LogP contribution in [0.3, 0.4) is 0 Å². The van der Waals surface area contributed by atoms with Crippen LogP contribution in [0.1, 0.15) is 32.6 Å². The minimum absolute atomic E-state index is 0.0680. The summed E-state index contributed by atoms with van der Waals surface area (Å²) >= 11 is 0. The van der Waals surface area contributed by atoms with Gasteiger partial charge in [0.25, 0.3) is 18.3 Å². The van der Waals surface area contributed by atoms with Crippen molar-refractivity contribution >= 4 is 0 Å². The largest absolute Gasteiger partial charge is 0.411 e. The van der Waals surface area contributed by atoms with Gasteiger partial charge in [0.2, 0.25) is 0 Å². The van der Waals surface area contributed by atoms with Gasteiger partial charge < -0.3 is 18.9 Å². The van der Waals surface area contributed by atoms with Gasteiger partial charge in [0.1, 0.15) is 12.7 Å². The normalized spacial score (nSPS) is 22.6. The summed E-state index contributed by atoms with van der Waals surface area (Å²) in [6.07, 6.45) is -8.26. The van der Waals surface area contributed by atoms with Gasteiger partial charge in [0.15, 0.2) is 0 Å². The Hall–Kier alpha value is -0.650. The van der Waals surface area contributed by atoms with Gasteiger partial charge in [0.05, 0.1) is 19.6 Å². The molecule has 1 saturated heterocycles. The van der Waals surface area contributed by atoms with Crippen molar-refractivity contribution in [3.8, 4) is 0 Å². The van der Waals surface area contributed by atoms with Crippen LogP contribution in [0.2, 0.25) is 0 Å². The van der Waals surface area contributed by atoms with E-state index in [1.54, 1.807) is 0 Å². The zero-order valence-electron chi connectivity index (χ0n) is 13.6. The summed E-state index contributed by atoms with van der Waals surface area (Å²) in [4.78, 5) is 0. The Balaban J connectivity index is 2.12. The summed E-state index contributed by atoms with van der Waals surface area (Å²) in [5.41, 5.74) is 0. The molecule has 1 aliphatic rings. The Morgan fingerprint density at radius 3 is 2.32 bits per heavy atom. The molecule has 4 nitrogen and oxygen atoms in total. The van der Waals surface area contributed by atoms with Gasteiger partial charge in [-0.05, 0) is 6.42 Å². The van der Waals surface area contributed by atoms with Crippen LogP contribution in [0.4, 0.5) is 30.7 Å². The Bertz CT molecular complexity index is 390. The summed E-state index contributed by atoms with van der Waals surface area (Å²) in [6, 6.07) is 0. The van der Waals surface area contributed by atoms with E-state index < -0.39 is 56.5 Å². The molecule has 0 radical (unpaired) electrons. The lowest BCUT2D eigenvalue weighted by molar-refractivity contribution is -0.283. The second-order valence-corrected chi connectivity index (χ2v) is 5.73. The number of ether oxygens (including phenoxy) is 4. The number of hydrogen-bond donors (Lipinski definition) is 0. The third-order valence-corrected chi connectivity index (χ3v) is 3.27. The Kier molecular flexibility index (Phi) is 8.36. The highest BCUT2D eigenvalue weighted by atomic mass is 19.4. The van der Waals surface area contributed by atoms with E-state index in [1.165, 1.54) is 0 Å². The molecular weight excluding hydrogens is 365 g/mol. The standard InChI is InChI=1S/C14H21F7O4/c1-2-12(15,16)8-13(17,18)4-3-5-22-6-10-7-23-11(25-10)24-9-14(19,20)21/h10-11H,2-9H2,1H3. The topological polar surface area (TPSA) is 36.9 Å². The SMILES string of the molecule is CCC(F)(F)CC(F)(F)CCCOCC1COC(OCC(F)(F)F)O1. The van der Waals surface area contributed by atoms with E-state index >= 15 is 0 Å². The Morgan fingerprint density at radius 1 is 1.04 bits per heavy atom. The van der Waals surface area contributed by atoms with Gasteiger partial charge >= 0.3 is 6.18 Å². The highest BCUT2D eigenvalue weighted by Crippen LogP contribution is 2.35. The monoisotopic (exact) mass is 386 g/mol. The maximum absolute atomic E-state index is 13.4. The molecule has 1 aliphatic heterocycles. The van der Waals surface area contributed by atoms with E-state index in [-0.39, 0.29) is 26.2 Å². The summed E-state index contributed by atoms with van der Waals surface area (Å²) in [5, 5.41) is 0. The van der Waals surface area contributed by atoms with Crippen molar-refractivity contribution in [2.75, 3.05) is 26.4 Å². The average molecular weight is 386 g/mol. The van der Waals surface area contributed by atoms with Gasteiger partial charge in [0, 0.05) is 19.4 Å². The molecule has 0 saturated carbocycles. The molecule has 0 aliphatic carbocycles. The second kappa shape index (κ2) is 9.33. The molecule has 2 atom stereocenters. The summed E-state index contributed by atoms with van der Waals surface area (Å²) in [7, 11) is 0. The molecule has 2 unspecified atom stereocenters. The molecule has 1 rings (SSSR count). The van der Waals surface area contributed by atoms with Crippen LogP contribution in [0.15, 0.2) is 0 Å². The summed E-state index contributed by atoms with van der Waals surface area (Å²) in [6.45, 7) is -2.14. The molecule has 150 valence electrons. The lowest BCUT2D eigenvalue weighted by Crippen LogP contribution is -2.29. The van der Waals surface area contributed by atoms with Gasteiger partial charge in [-0.25, -0.2) is 17.6 Å². The maximum atomic E-state index is 13.4. The van der Waals surface area contributed by atoms with E-state index in [1.807, 2.05) is 0 Å². The first-order chi connectivity index (χ1) is 11.4. The summed E-state index contributed by atoms with van der Waals surface area (Å²) in [5.74, 6) is -6.91. The minimum Gasteiger partial charge on any atom is -0.379 e. The van der Waals surface area contributed by atoms with Crippen LogP contribution in [-0.2, 0) is 18.9 Å². The van der Waals surface area contributed by atoms with E-state index in [2.05, 4.69) is 4.74 Å². The molecule has 11 heteroatoms. The molecule has 0 N–H and O–H groups in total. The third-order valence-electron chi connectivity index (χ3n) is 3.27. The molecule has 0 aromatic carbocycles. The fourth-order valence-electron chi connectivity index (χ4n) is 2.00. The van der Waals surface area contributed by atoms with Gasteiger partial charge in [-0.3, -0.25) is 0 Å². The molecule has 25 heavy (non-hydrogen) atoms. The van der Waals surface area contributed by atoms with E-state index in [9.17, 15) is 30.7 Å². The number of hydrogen-bond acceptors (Lipinski definition) is 4. The van der Waals surface area contributed by atoms with Crippen LogP contribution >= 0.6 is 0 Å². The smallest absolute Gasteiger partial charge is 0.379 e. The van der Waals surface area contributed by atoms with Crippen molar-refractivity contribution < 1.29 is 49.7 Å². The zero-order valence-corrected chi connectivity index (χ0v) is 13.6. The van der Waals surface area contributed by atoms with Crippen LogP contribution in [0.5, 0.6) is 0 Å². The van der Waals surface area contributed by atoms with Crippen LogP contribution in [0, 0.1) is 0 Å². The molecule has 0 spiro atoms. The highest BCUT2D eigenvalue weighted by molar-refractivity contribution is 4.76. The molecule has 0 bridgehead atoms. The molecule has 1 heterocycles. The molecule has 0 amide bonds. The van der Waals surface area contributed by atoms with E-state index in [4.69, 9.17) is 14.2 Å². The highest BCUT2D eigenvalue weighted by Gasteiger charge is 2.41. The number of alkyl halides is 7. The lowest BCUT2D eigenvalue weighted by Gasteiger charge is -2.22. The van der Waals surface area contributed by atoms with E-state index in [0.717, 1.165) is 6.92 Å². The molecular formula is C14H21F7O4. The first-order valence-corrected chi connectivity index (χ1v) is 7.71. The lowest BCUT2D eigenvalue weighted by atomic mass is 10.0. The average Bonchev–Trinajstić information content (AvgIpc) is 2.91. The number of halogens is 7. The second-order valence-electron chi connectivity index (χ2n) is 5.73. The minimum atomic E-state index is -4.51. The van der Waals surface area contributed by atoms with Crippen molar-refractivity contribution in [3.63, 3.8) is 0 Å². The van der Waals surface area contributed by atoms with Crippen molar-refractivity contribution in [3.05, 3.63) is 0 Å². The molecule has 0 aromatic heterocycles. The van der Waals surface area contributed by atoms with Crippen molar-refractivity contribution in [2.45, 2.75) is 63.2 Å². The number of rotatable bonds is 11. The molecule has 0 aromatic rings. The third kappa shape index (κ3) is 10.2. The predicted octanol–water partition coefficient (Wildman–Crippen LogP) is 4.13. The van der Waals surface area contributed by atoms with E-state index in [0.29, 0.717) is 0 Å². The first kappa shape index (κ1) is 22.4. The van der Waals surface area contributed by atoms with Crippen LogP contribution < -0.4 is 0 Å². The fraction of sp³-hybridized carbons (Fsp3) is 1.00. The van der Waals surface area contributed by atoms with Gasteiger partial charge in [-0.15, -0.1) is 0 Å². The van der Waals surface area contributed by atoms with Crippen LogP contribution in [-0.4, -0.2) is 57.0 Å². The van der Waals surface area contributed by atoms with Crippen molar-refractivity contribution in [2.24, 2.45) is 0 Å². The fourth-order valence-corrected chi connectivity index (χ4v) is 2.00. The first-order valence-electron chi connectivity index (χ1n) is 7.71. The maximum Gasteiger partial charge on any atom is 0.411 e. The van der Waals surface area contributed by atoms with Gasteiger partial charge in [-0.2, -0.15) is 13.2 Å².